The standard InChI is InChI=1S/C11H9NO4/c13-9-1-3-12(4-2-9)6-10-5-8(7-16-10)11(14)15/h1-5,7H,6H2,(H,14,15). The van der Waals surface area contributed by atoms with Crippen LogP contribution in [0, 0.1) is 0 Å². The fraction of sp³-hybridized carbons (Fsp3) is 0.0909. The van der Waals surface area contributed by atoms with Crippen LogP contribution in [0.4, 0.5) is 0 Å². The lowest BCUT2D eigenvalue weighted by Crippen LogP contribution is -2.04. The minimum Gasteiger partial charge on any atom is -0.478 e. The predicted molar refractivity (Wildman–Crippen MR) is 55.5 cm³/mol. The molecule has 5 heteroatoms. The van der Waals surface area contributed by atoms with Crippen LogP contribution in [0.5, 0.6) is 0 Å². The Morgan fingerprint density at radius 1 is 1.38 bits per heavy atom. The number of carboxylic acids is 1. The number of aromatic nitrogens is 1. The van der Waals surface area contributed by atoms with E-state index < -0.39 is 5.97 Å². The molecule has 0 saturated heterocycles. The summed E-state index contributed by atoms with van der Waals surface area (Å²) in [6.07, 6.45) is 4.43. The van der Waals surface area contributed by atoms with Crippen LogP contribution in [0.15, 0.2) is 46.1 Å². The summed E-state index contributed by atoms with van der Waals surface area (Å²) in [5.74, 6) is -0.490. The van der Waals surface area contributed by atoms with Crippen molar-refractivity contribution in [3.63, 3.8) is 0 Å². The van der Waals surface area contributed by atoms with Crippen LogP contribution in [0.1, 0.15) is 16.1 Å². The smallest absolute Gasteiger partial charge is 0.338 e. The van der Waals surface area contributed by atoms with E-state index >= 15 is 0 Å². The number of hydrogen-bond acceptors (Lipinski definition) is 3. The van der Waals surface area contributed by atoms with Gasteiger partial charge < -0.3 is 14.1 Å². The van der Waals surface area contributed by atoms with E-state index in [0.717, 1.165) is 0 Å². The summed E-state index contributed by atoms with van der Waals surface area (Å²) in [4.78, 5) is 21.5. The second kappa shape index (κ2) is 4.06. The topological polar surface area (TPSA) is 72.4 Å². The Morgan fingerprint density at radius 3 is 2.62 bits per heavy atom. The average molecular weight is 219 g/mol. The van der Waals surface area contributed by atoms with E-state index in [2.05, 4.69) is 0 Å². The highest BCUT2D eigenvalue weighted by Crippen LogP contribution is 2.09. The Bertz CT molecular complexity index is 547. The summed E-state index contributed by atoms with van der Waals surface area (Å²) >= 11 is 0. The number of rotatable bonds is 3. The molecular weight excluding hydrogens is 210 g/mol. The molecule has 0 saturated carbocycles. The molecule has 0 unspecified atom stereocenters. The van der Waals surface area contributed by atoms with Gasteiger partial charge in [-0.3, -0.25) is 4.79 Å². The van der Waals surface area contributed by atoms with Crippen molar-refractivity contribution >= 4 is 5.97 Å². The highest BCUT2D eigenvalue weighted by molar-refractivity contribution is 5.87. The lowest BCUT2D eigenvalue weighted by molar-refractivity contribution is 0.0696. The summed E-state index contributed by atoms with van der Waals surface area (Å²) in [6, 6.07) is 4.32. The normalized spacial score (nSPS) is 10.2. The molecule has 0 bridgehead atoms. The van der Waals surface area contributed by atoms with Gasteiger partial charge in [-0.2, -0.15) is 0 Å². The first-order chi connectivity index (χ1) is 7.65. The maximum Gasteiger partial charge on any atom is 0.338 e. The second-order valence-electron chi connectivity index (χ2n) is 3.31. The highest BCUT2D eigenvalue weighted by Gasteiger charge is 2.07. The van der Waals surface area contributed by atoms with Crippen LogP contribution in [-0.2, 0) is 6.54 Å². The zero-order valence-electron chi connectivity index (χ0n) is 8.29. The van der Waals surface area contributed by atoms with E-state index in [4.69, 9.17) is 9.52 Å². The first-order valence-electron chi connectivity index (χ1n) is 4.62. The first kappa shape index (κ1) is 10.2. The van der Waals surface area contributed by atoms with Gasteiger partial charge in [-0.05, 0) is 6.07 Å². The highest BCUT2D eigenvalue weighted by atomic mass is 16.4. The quantitative estimate of drug-likeness (QED) is 0.841. The van der Waals surface area contributed by atoms with Crippen molar-refractivity contribution in [1.82, 2.24) is 4.57 Å². The monoisotopic (exact) mass is 219 g/mol. The summed E-state index contributed by atoms with van der Waals surface area (Å²) in [5.41, 5.74) is 0.0537. The molecule has 82 valence electrons. The predicted octanol–water partition coefficient (Wildman–Crippen LogP) is 1.19. The van der Waals surface area contributed by atoms with Crippen molar-refractivity contribution in [3.8, 4) is 0 Å². The van der Waals surface area contributed by atoms with Crippen molar-refractivity contribution in [2.75, 3.05) is 0 Å². The Hall–Kier alpha value is -2.30. The molecule has 0 aromatic carbocycles. The molecule has 2 aromatic rings. The lowest BCUT2D eigenvalue weighted by atomic mass is 10.3. The van der Waals surface area contributed by atoms with Gasteiger partial charge in [0, 0.05) is 24.5 Å². The molecule has 2 aromatic heterocycles. The molecule has 2 heterocycles. The van der Waals surface area contributed by atoms with Crippen LogP contribution in [-0.4, -0.2) is 15.6 Å². The first-order valence-corrected chi connectivity index (χ1v) is 4.62. The summed E-state index contributed by atoms with van der Waals surface area (Å²) in [7, 11) is 0. The van der Waals surface area contributed by atoms with E-state index in [0.29, 0.717) is 12.3 Å². The van der Waals surface area contributed by atoms with E-state index in [1.807, 2.05) is 0 Å². The zero-order chi connectivity index (χ0) is 11.5. The average Bonchev–Trinajstić information content (AvgIpc) is 2.70. The third-order valence-electron chi connectivity index (χ3n) is 2.10. The van der Waals surface area contributed by atoms with Crippen LogP contribution >= 0.6 is 0 Å². The Labute approximate surface area is 90.6 Å². The van der Waals surface area contributed by atoms with E-state index in [1.165, 1.54) is 24.5 Å². The van der Waals surface area contributed by atoms with Crippen LogP contribution in [0.3, 0.4) is 0 Å². The van der Waals surface area contributed by atoms with Gasteiger partial charge in [0.25, 0.3) is 0 Å². The van der Waals surface area contributed by atoms with Gasteiger partial charge in [0.15, 0.2) is 5.43 Å². The molecule has 0 atom stereocenters. The van der Waals surface area contributed by atoms with Crippen LogP contribution in [0.25, 0.3) is 0 Å². The number of aromatic carboxylic acids is 1. The molecule has 5 nitrogen and oxygen atoms in total. The minimum atomic E-state index is -1.02. The van der Waals surface area contributed by atoms with Crippen molar-refractivity contribution in [1.29, 1.82) is 0 Å². The third kappa shape index (κ3) is 2.20. The van der Waals surface area contributed by atoms with Gasteiger partial charge in [-0.1, -0.05) is 0 Å². The molecule has 1 N–H and O–H groups in total. The molecule has 0 aliphatic rings. The Balaban J connectivity index is 2.17. The molecule has 0 radical (unpaired) electrons. The molecular formula is C11H9NO4. The Morgan fingerprint density at radius 2 is 2.06 bits per heavy atom. The number of hydrogen-bond donors (Lipinski definition) is 1. The third-order valence-corrected chi connectivity index (χ3v) is 2.10. The van der Waals surface area contributed by atoms with Gasteiger partial charge >= 0.3 is 5.97 Å². The van der Waals surface area contributed by atoms with Crippen molar-refractivity contribution in [3.05, 3.63) is 58.4 Å². The van der Waals surface area contributed by atoms with Gasteiger partial charge in [0.05, 0.1) is 12.1 Å². The second-order valence-corrected chi connectivity index (χ2v) is 3.31. The van der Waals surface area contributed by atoms with Crippen molar-refractivity contribution < 1.29 is 14.3 Å². The van der Waals surface area contributed by atoms with Gasteiger partial charge in [0.1, 0.15) is 12.0 Å². The molecule has 16 heavy (non-hydrogen) atoms. The maximum atomic E-state index is 10.9. The summed E-state index contributed by atoms with van der Waals surface area (Å²) in [5, 5.41) is 8.69. The lowest BCUT2D eigenvalue weighted by Gasteiger charge is -2.01. The van der Waals surface area contributed by atoms with E-state index in [-0.39, 0.29) is 11.0 Å². The SMILES string of the molecule is O=C(O)c1coc(Cn2ccc(=O)cc2)c1. The van der Waals surface area contributed by atoms with E-state index in [9.17, 15) is 9.59 Å². The number of carboxylic acid groups (broad SMARTS) is 1. The minimum absolute atomic E-state index is 0.0677. The number of furan rings is 1. The van der Waals surface area contributed by atoms with E-state index in [1.54, 1.807) is 17.0 Å². The van der Waals surface area contributed by atoms with Gasteiger partial charge in [-0.15, -0.1) is 0 Å². The molecule has 0 amide bonds. The Kier molecular flexibility index (Phi) is 2.59. The van der Waals surface area contributed by atoms with Crippen molar-refractivity contribution in [2.45, 2.75) is 6.54 Å². The molecule has 2 rings (SSSR count). The number of carbonyl (C=O) groups is 1. The number of pyridine rings is 1. The zero-order valence-corrected chi connectivity index (χ0v) is 8.29. The maximum absolute atomic E-state index is 10.9. The molecule has 0 aliphatic heterocycles. The largest absolute Gasteiger partial charge is 0.478 e. The van der Waals surface area contributed by atoms with Crippen LogP contribution in [0.2, 0.25) is 0 Å². The fourth-order valence-corrected chi connectivity index (χ4v) is 1.30. The van der Waals surface area contributed by atoms with Crippen molar-refractivity contribution in [2.24, 2.45) is 0 Å². The molecule has 0 spiro atoms. The number of nitrogens with zero attached hydrogens (tertiary/aromatic N) is 1. The molecule has 0 aliphatic carbocycles. The van der Waals surface area contributed by atoms with Gasteiger partial charge in [-0.25, -0.2) is 4.79 Å². The van der Waals surface area contributed by atoms with Crippen LogP contribution < -0.4 is 5.43 Å². The fourth-order valence-electron chi connectivity index (χ4n) is 1.30. The summed E-state index contributed by atoms with van der Waals surface area (Å²) < 4.78 is 6.81. The molecule has 0 fully saturated rings. The van der Waals surface area contributed by atoms with Gasteiger partial charge in [0.2, 0.25) is 0 Å². The summed E-state index contributed by atoms with van der Waals surface area (Å²) in [6.45, 7) is 0.396.